The minimum atomic E-state index is 0.279. The minimum Gasteiger partial charge on any atom is -0.490 e. The molecule has 1 atom stereocenters. The zero-order valence-electron chi connectivity index (χ0n) is 16.0. The number of rotatable bonds is 9. The topological polar surface area (TPSA) is 30.5 Å². The highest BCUT2D eigenvalue weighted by molar-refractivity contribution is 5.29. The molecule has 1 unspecified atom stereocenters. The summed E-state index contributed by atoms with van der Waals surface area (Å²) in [6.45, 7) is 6.20. The first-order valence-corrected chi connectivity index (χ1v) is 9.40. The molecule has 3 heteroatoms. The van der Waals surface area contributed by atoms with E-state index in [1.807, 2.05) is 42.5 Å². The van der Waals surface area contributed by atoms with Gasteiger partial charge in [-0.1, -0.05) is 60.2 Å². The van der Waals surface area contributed by atoms with Gasteiger partial charge in [0.15, 0.2) is 0 Å². The van der Waals surface area contributed by atoms with Gasteiger partial charge in [-0.05, 0) is 49.2 Å². The summed E-state index contributed by atoms with van der Waals surface area (Å²) >= 11 is 0. The molecule has 140 valence electrons. The van der Waals surface area contributed by atoms with Crippen LogP contribution in [0.25, 0.3) is 0 Å². The number of aryl methyl sites for hydroxylation is 1. The molecule has 3 aromatic rings. The fraction of sp³-hybridized carbons (Fsp3) is 0.250. The van der Waals surface area contributed by atoms with Crippen LogP contribution in [0.5, 0.6) is 11.5 Å². The van der Waals surface area contributed by atoms with Gasteiger partial charge in [0.1, 0.15) is 24.7 Å². The summed E-state index contributed by atoms with van der Waals surface area (Å²) in [5.74, 6) is 1.73. The molecule has 0 radical (unpaired) electrons. The highest BCUT2D eigenvalue weighted by Crippen LogP contribution is 2.18. The smallest absolute Gasteiger partial charge is 0.122 e. The van der Waals surface area contributed by atoms with E-state index in [0.717, 1.165) is 18.0 Å². The summed E-state index contributed by atoms with van der Waals surface area (Å²) in [6.07, 6.45) is 0. The van der Waals surface area contributed by atoms with E-state index < -0.39 is 0 Å². The standard InChI is InChI=1S/C24H27NO2/c1-19-8-10-21(11-9-19)18-25-20(2)22-12-14-24(15-13-22)27-17-16-26-23-6-4-3-5-7-23/h3-15,20,25H,16-18H2,1-2H3. The molecule has 3 rings (SSSR count). The first-order chi connectivity index (χ1) is 13.2. The van der Waals surface area contributed by atoms with E-state index in [0.29, 0.717) is 13.2 Å². The van der Waals surface area contributed by atoms with Gasteiger partial charge in [0.05, 0.1) is 0 Å². The van der Waals surface area contributed by atoms with Crippen LogP contribution in [0, 0.1) is 6.92 Å². The van der Waals surface area contributed by atoms with E-state index in [4.69, 9.17) is 9.47 Å². The Labute approximate surface area is 162 Å². The predicted molar refractivity (Wildman–Crippen MR) is 110 cm³/mol. The lowest BCUT2D eigenvalue weighted by molar-refractivity contribution is 0.217. The quantitative estimate of drug-likeness (QED) is 0.524. The first kappa shape index (κ1) is 19.0. The number of hydrogen-bond acceptors (Lipinski definition) is 3. The Hall–Kier alpha value is -2.78. The van der Waals surface area contributed by atoms with E-state index >= 15 is 0 Å². The van der Waals surface area contributed by atoms with Gasteiger partial charge in [0.2, 0.25) is 0 Å². The van der Waals surface area contributed by atoms with Crippen LogP contribution in [0.3, 0.4) is 0 Å². The van der Waals surface area contributed by atoms with Crippen molar-refractivity contribution in [3.8, 4) is 11.5 Å². The third-order valence-electron chi connectivity index (χ3n) is 4.48. The van der Waals surface area contributed by atoms with Gasteiger partial charge >= 0.3 is 0 Å². The molecule has 0 aromatic heterocycles. The number of nitrogens with one attached hydrogen (secondary N) is 1. The van der Waals surface area contributed by atoms with Gasteiger partial charge in [-0.25, -0.2) is 0 Å². The monoisotopic (exact) mass is 361 g/mol. The number of hydrogen-bond donors (Lipinski definition) is 1. The molecule has 0 saturated carbocycles. The molecule has 0 spiro atoms. The van der Waals surface area contributed by atoms with Crippen LogP contribution >= 0.6 is 0 Å². The third kappa shape index (κ3) is 6.15. The molecule has 0 aliphatic carbocycles. The number of para-hydroxylation sites is 1. The summed E-state index contributed by atoms with van der Waals surface area (Å²) in [5, 5.41) is 3.56. The second-order valence-corrected chi connectivity index (χ2v) is 6.67. The number of ether oxygens (including phenoxy) is 2. The summed E-state index contributed by atoms with van der Waals surface area (Å²) in [4.78, 5) is 0. The Kier molecular flexibility index (Phi) is 6.89. The van der Waals surface area contributed by atoms with Crippen molar-refractivity contribution < 1.29 is 9.47 Å². The van der Waals surface area contributed by atoms with Crippen molar-refractivity contribution in [2.24, 2.45) is 0 Å². The lowest BCUT2D eigenvalue weighted by atomic mass is 10.1. The van der Waals surface area contributed by atoms with Crippen LogP contribution in [0.2, 0.25) is 0 Å². The molecule has 0 heterocycles. The molecule has 3 nitrogen and oxygen atoms in total. The average Bonchev–Trinajstić information content (AvgIpc) is 2.72. The van der Waals surface area contributed by atoms with Crippen molar-refractivity contribution in [2.75, 3.05) is 13.2 Å². The fourth-order valence-corrected chi connectivity index (χ4v) is 2.78. The molecule has 0 bridgehead atoms. The van der Waals surface area contributed by atoms with Crippen LogP contribution in [-0.2, 0) is 6.54 Å². The average molecular weight is 361 g/mol. The first-order valence-electron chi connectivity index (χ1n) is 9.40. The van der Waals surface area contributed by atoms with E-state index in [9.17, 15) is 0 Å². The molecule has 0 fully saturated rings. The van der Waals surface area contributed by atoms with Crippen LogP contribution in [0.1, 0.15) is 29.7 Å². The van der Waals surface area contributed by atoms with Crippen molar-refractivity contribution in [1.82, 2.24) is 5.32 Å². The Morgan fingerprint density at radius 2 is 1.33 bits per heavy atom. The maximum Gasteiger partial charge on any atom is 0.122 e. The van der Waals surface area contributed by atoms with Gasteiger partial charge in [-0.3, -0.25) is 0 Å². The minimum absolute atomic E-state index is 0.279. The van der Waals surface area contributed by atoms with E-state index in [1.54, 1.807) is 0 Å². The molecule has 27 heavy (non-hydrogen) atoms. The molecule has 0 amide bonds. The van der Waals surface area contributed by atoms with Crippen LogP contribution in [-0.4, -0.2) is 13.2 Å². The highest BCUT2D eigenvalue weighted by atomic mass is 16.5. The summed E-state index contributed by atoms with van der Waals surface area (Å²) < 4.78 is 11.4. The zero-order chi connectivity index (χ0) is 18.9. The molecular formula is C24H27NO2. The lowest BCUT2D eigenvalue weighted by Crippen LogP contribution is -2.18. The molecule has 0 aliphatic rings. The van der Waals surface area contributed by atoms with Gasteiger partial charge in [0, 0.05) is 12.6 Å². The molecular weight excluding hydrogens is 334 g/mol. The predicted octanol–water partition coefficient (Wildman–Crippen LogP) is 5.30. The van der Waals surface area contributed by atoms with Crippen LogP contribution in [0.15, 0.2) is 78.9 Å². The maximum atomic E-state index is 5.76. The molecule has 0 aliphatic heterocycles. The van der Waals surface area contributed by atoms with Crippen LogP contribution in [0.4, 0.5) is 0 Å². The van der Waals surface area contributed by atoms with Crippen molar-refractivity contribution in [1.29, 1.82) is 0 Å². The van der Waals surface area contributed by atoms with Crippen molar-refractivity contribution in [3.05, 3.63) is 95.6 Å². The zero-order valence-corrected chi connectivity index (χ0v) is 16.0. The lowest BCUT2D eigenvalue weighted by Gasteiger charge is -2.15. The Morgan fingerprint density at radius 1 is 0.741 bits per heavy atom. The molecule has 1 N–H and O–H groups in total. The van der Waals surface area contributed by atoms with E-state index in [1.165, 1.54) is 16.7 Å². The summed E-state index contributed by atoms with van der Waals surface area (Å²) in [6, 6.07) is 27.0. The summed E-state index contributed by atoms with van der Waals surface area (Å²) in [5.41, 5.74) is 3.83. The third-order valence-corrected chi connectivity index (χ3v) is 4.48. The SMILES string of the molecule is Cc1ccc(CNC(C)c2ccc(OCCOc3ccccc3)cc2)cc1. The second-order valence-electron chi connectivity index (χ2n) is 6.67. The Morgan fingerprint density at radius 3 is 1.96 bits per heavy atom. The van der Waals surface area contributed by atoms with Gasteiger partial charge in [-0.2, -0.15) is 0 Å². The molecule has 3 aromatic carbocycles. The fourth-order valence-electron chi connectivity index (χ4n) is 2.78. The maximum absolute atomic E-state index is 5.76. The van der Waals surface area contributed by atoms with Crippen LogP contribution < -0.4 is 14.8 Å². The van der Waals surface area contributed by atoms with Gasteiger partial charge in [-0.15, -0.1) is 0 Å². The van der Waals surface area contributed by atoms with Crippen molar-refractivity contribution >= 4 is 0 Å². The second kappa shape index (κ2) is 9.79. The number of benzene rings is 3. The van der Waals surface area contributed by atoms with E-state index in [-0.39, 0.29) is 6.04 Å². The Balaban J connectivity index is 1.41. The summed E-state index contributed by atoms with van der Waals surface area (Å²) in [7, 11) is 0. The van der Waals surface area contributed by atoms with Crippen molar-refractivity contribution in [3.63, 3.8) is 0 Å². The Bertz CT molecular complexity index is 798. The largest absolute Gasteiger partial charge is 0.490 e. The van der Waals surface area contributed by atoms with Gasteiger partial charge < -0.3 is 14.8 Å². The van der Waals surface area contributed by atoms with Crippen molar-refractivity contribution in [2.45, 2.75) is 26.4 Å². The molecule has 0 saturated heterocycles. The highest BCUT2D eigenvalue weighted by Gasteiger charge is 2.05. The van der Waals surface area contributed by atoms with Gasteiger partial charge in [0.25, 0.3) is 0 Å². The van der Waals surface area contributed by atoms with E-state index in [2.05, 4.69) is 55.6 Å². The normalized spacial score (nSPS) is 11.8.